The number of hydrogen-bond acceptors (Lipinski definition) is 3. The highest BCUT2D eigenvalue weighted by Gasteiger charge is 2.21. The second-order valence-electron chi connectivity index (χ2n) is 4.37. The quantitative estimate of drug-likeness (QED) is 0.882. The zero-order chi connectivity index (χ0) is 11.7. The molecule has 1 unspecified atom stereocenters. The van der Waals surface area contributed by atoms with Crippen molar-refractivity contribution in [1.82, 2.24) is 0 Å². The topological polar surface area (TPSA) is 29.3 Å². The molecule has 1 aromatic carbocycles. The van der Waals surface area contributed by atoms with E-state index in [4.69, 9.17) is 17.3 Å². The van der Waals surface area contributed by atoms with Crippen molar-refractivity contribution < 1.29 is 0 Å². The summed E-state index contributed by atoms with van der Waals surface area (Å²) in [4.78, 5) is 3.59. The summed E-state index contributed by atoms with van der Waals surface area (Å²) in [5, 5.41) is 0.850. The van der Waals surface area contributed by atoms with Crippen LogP contribution in [-0.2, 0) is 0 Å². The van der Waals surface area contributed by atoms with Crippen LogP contribution in [0.15, 0.2) is 17.0 Å². The largest absolute Gasteiger partial charge is 0.367 e. The summed E-state index contributed by atoms with van der Waals surface area (Å²) in [6.07, 6.45) is 0. The first-order chi connectivity index (χ1) is 7.58. The van der Waals surface area contributed by atoms with Crippen LogP contribution in [0.3, 0.4) is 0 Å². The van der Waals surface area contributed by atoms with E-state index in [0.29, 0.717) is 0 Å². The summed E-state index contributed by atoms with van der Waals surface area (Å²) >= 11 is 8.21. The molecule has 2 N–H and O–H groups in total. The minimum atomic E-state index is 0.174. The first-order valence-electron chi connectivity index (χ1n) is 5.51. The van der Waals surface area contributed by atoms with Gasteiger partial charge < -0.3 is 10.6 Å². The van der Waals surface area contributed by atoms with Crippen molar-refractivity contribution in [3.05, 3.63) is 22.7 Å². The predicted octanol–water partition coefficient (Wildman–Crippen LogP) is 2.91. The maximum Gasteiger partial charge on any atom is 0.0694 e. The normalized spacial score (nSPS) is 17.1. The first-order valence-corrected chi connectivity index (χ1v) is 6.88. The van der Waals surface area contributed by atoms with Crippen molar-refractivity contribution >= 4 is 29.1 Å². The van der Waals surface area contributed by atoms with Crippen molar-refractivity contribution in [2.75, 3.05) is 23.7 Å². The highest BCUT2D eigenvalue weighted by atomic mass is 35.5. The van der Waals surface area contributed by atoms with E-state index >= 15 is 0 Å². The van der Waals surface area contributed by atoms with Crippen LogP contribution in [0.1, 0.15) is 12.5 Å². The molecule has 1 aliphatic heterocycles. The Balaban J connectivity index is 2.37. The van der Waals surface area contributed by atoms with Gasteiger partial charge in [-0.1, -0.05) is 11.6 Å². The van der Waals surface area contributed by atoms with E-state index in [1.54, 1.807) is 0 Å². The lowest BCUT2D eigenvalue weighted by atomic mass is 10.2. The molecule has 0 saturated heterocycles. The van der Waals surface area contributed by atoms with E-state index in [1.807, 2.05) is 24.8 Å². The summed E-state index contributed by atoms with van der Waals surface area (Å²) in [5.74, 6) is 1.11. The summed E-state index contributed by atoms with van der Waals surface area (Å²) in [6, 6.07) is 4.41. The van der Waals surface area contributed by atoms with E-state index in [9.17, 15) is 0 Å². The van der Waals surface area contributed by atoms with Crippen molar-refractivity contribution in [2.45, 2.75) is 24.8 Å². The molecule has 0 amide bonds. The molecule has 0 radical (unpaired) electrons. The minimum Gasteiger partial charge on any atom is -0.367 e. The van der Waals surface area contributed by atoms with Gasteiger partial charge in [0.1, 0.15) is 0 Å². The fourth-order valence-electron chi connectivity index (χ4n) is 2.03. The van der Waals surface area contributed by atoms with Crippen LogP contribution in [0.2, 0.25) is 5.02 Å². The lowest BCUT2D eigenvalue weighted by molar-refractivity contribution is 0.684. The van der Waals surface area contributed by atoms with E-state index in [2.05, 4.69) is 17.9 Å². The van der Waals surface area contributed by atoms with Crippen molar-refractivity contribution in [3.8, 4) is 0 Å². The Kier molecular flexibility index (Phi) is 3.67. The molecule has 1 aromatic rings. The van der Waals surface area contributed by atoms with Crippen LogP contribution in [0.5, 0.6) is 0 Å². The van der Waals surface area contributed by atoms with Crippen LogP contribution >= 0.6 is 23.4 Å². The number of aryl methyl sites for hydroxylation is 1. The average molecular weight is 257 g/mol. The lowest BCUT2D eigenvalue weighted by Gasteiger charge is -2.33. The molecular weight excluding hydrogens is 240 g/mol. The molecule has 2 rings (SSSR count). The van der Waals surface area contributed by atoms with Crippen molar-refractivity contribution in [2.24, 2.45) is 5.73 Å². The summed E-state index contributed by atoms with van der Waals surface area (Å²) < 4.78 is 0. The van der Waals surface area contributed by atoms with E-state index in [1.165, 1.54) is 16.1 Å². The van der Waals surface area contributed by atoms with E-state index in [0.717, 1.165) is 23.9 Å². The second-order valence-corrected chi connectivity index (χ2v) is 5.91. The molecule has 1 heterocycles. The van der Waals surface area contributed by atoms with Crippen LogP contribution in [0.4, 0.5) is 5.69 Å². The molecule has 0 saturated carbocycles. The number of thioether (sulfide) groups is 1. The molecule has 16 heavy (non-hydrogen) atoms. The molecule has 0 spiro atoms. The molecule has 0 fully saturated rings. The molecular formula is C12H17ClN2S. The van der Waals surface area contributed by atoms with Crippen molar-refractivity contribution in [1.29, 1.82) is 0 Å². The number of hydrogen-bond donors (Lipinski definition) is 1. The number of rotatable bonds is 2. The zero-order valence-electron chi connectivity index (χ0n) is 9.66. The number of fused-ring (bicyclic) bond motifs is 1. The Labute approximate surface area is 106 Å². The third kappa shape index (κ3) is 2.47. The van der Waals surface area contributed by atoms with E-state index in [-0.39, 0.29) is 6.04 Å². The van der Waals surface area contributed by atoms with Crippen LogP contribution < -0.4 is 10.6 Å². The van der Waals surface area contributed by atoms with Gasteiger partial charge in [0.15, 0.2) is 0 Å². The SMILES string of the molecule is Cc1cc(Cl)c2c(c1)SCCN2CC(C)N. The molecule has 0 aromatic heterocycles. The molecule has 0 aliphatic carbocycles. The number of nitrogens with zero attached hydrogens (tertiary/aromatic N) is 1. The first kappa shape index (κ1) is 12.1. The van der Waals surface area contributed by atoms with Gasteiger partial charge in [-0.2, -0.15) is 0 Å². The van der Waals surface area contributed by atoms with Gasteiger partial charge in [0.05, 0.1) is 10.7 Å². The Morgan fingerprint density at radius 1 is 1.56 bits per heavy atom. The number of halogens is 1. The molecule has 0 bridgehead atoms. The van der Waals surface area contributed by atoms with Gasteiger partial charge in [-0.05, 0) is 31.5 Å². The van der Waals surface area contributed by atoms with Crippen LogP contribution in [0, 0.1) is 6.92 Å². The Bertz CT molecular complexity index is 393. The summed E-state index contributed by atoms with van der Waals surface area (Å²) in [6.45, 7) is 6.01. The number of anilines is 1. The number of nitrogens with two attached hydrogens (primary N) is 1. The van der Waals surface area contributed by atoms with Gasteiger partial charge in [-0.25, -0.2) is 0 Å². The fraction of sp³-hybridized carbons (Fsp3) is 0.500. The maximum atomic E-state index is 6.33. The highest BCUT2D eigenvalue weighted by molar-refractivity contribution is 7.99. The standard InChI is InChI=1S/C12H17ClN2S/c1-8-5-10(13)12-11(6-8)16-4-3-15(12)7-9(2)14/h5-6,9H,3-4,7,14H2,1-2H3. The van der Waals surface area contributed by atoms with Gasteiger partial charge in [-0.15, -0.1) is 11.8 Å². The molecule has 88 valence electrons. The second kappa shape index (κ2) is 4.86. The molecule has 2 nitrogen and oxygen atoms in total. The maximum absolute atomic E-state index is 6.33. The number of benzene rings is 1. The van der Waals surface area contributed by atoms with Crippen LogP contribution in [-0.4, -0.2) is 24.9 Å². The Hall–Kier alpha value is -0.380. The Morgan fingerprint density at radius 3 is 3.00 bits per heavy atom. The van der Waals surface area contributed by atoms with Gasteiger partial charge in [-0.3, -0.25) is 0 Å². The highest BCUT2D eigenvalue weighted by Crippen LogP contribution is 2.40. The van der Waals surface area contributed by atoms with Crippen molar-refractivity contribution in [3.63, 3.8) is 0 Å². The molecule has 4 heteroatoms. The van der Waals surface area contributed by atoms with Gasteiger partial charge in [0.2, 0.25) is 0 Å². The minimum absolute atomic E-state index is 0.174. The van der Waals surface area contributed by atoms with Gasteiger partial charge >= 0.3 is 0 Å². The Morgan fingerprint density at radius 2 is 2.31 bits per heavy atom. The lowest BCUT2D eigenvalue weighted by Crippen LogP contribution is -2.38. The third-order valence-electron chi connectivity index (χ3n) is 2.62. The van der Waals surface area contributed by atoms with Gasteiger partial charge in [0.25, 0.3) is 0 Å². The fourth-order valence-corrected chi connectivity index (χ4v) is 3.65. The molecule has 1 aliphatic rings. The van der Waals surface area contributed by atoms with E-state index < -0.39 is 0 Å². The molecule has 1 atom stereocenters. The smallest absolute Gasteiger partial charge is 0.0694 e. The average Bonchev–Trinajstić information content (AvgIpc) is 2.15. The van der Waals surface area contributed by atoms with Gasteiger partial charge in [0, 0.05) is 29.8 Å². The third-order valence-corrected chi connectivity index (χ3v) is 3.91. The van der Waals surface area contributed by atoms with Crippen LogP contribution in [0.25, 0.3) is 0 Å². The summed E-state index contributed by atoms with van der Waals surface area (Å²) in [7, 11) is 0. The zero-order valence-corrected chi connectivity index (χ0v) is 11.2. The predicted molar refractivity (Wildman–Crippen MR) is 72.8 cm³/mol. The monoisotopic (exact) mass is 256 g/mol. The summed E-state index contributed by atoms with van der Waals surface area (Å²) in [5.41, 5.74) is 8.26.